The maximum Gasteiger partial charge on any atom is 0.305 e. The molecular weight excluding hydrogens is 400 g/mol. The number of esters is 2. The van der Waals surface area contributed by atoms with Gasteiger partial charge in [0.2, 0.25) is 0 Å². The minimum atomic E-state index is -0.758. The molecule has 0 bridgehead atoms. The van der Waals surface area contributed by atoms with Gasteiger partial charge in [0.15, 0.2) is 0 Å². The van der Waals surface area contributed by atoms with Gasteiger partial charge in [-0.1, -0.05) is 44.1 Å². The number of methoxy groups -OCH3 is 2. The van der Waals surface area contributed by atoms with Crippen molar-refractivity contribution >= 4 is 11.9 Å². The van der Waals surface area contributed by atoms with E-state index in [1.807, 2.05) is 18.2 Å². The highest BCUT2D eigenvalue weighted by Gasteiger charge is 2.42. The van der Waals surface area contributed by atoms with Crippen molar-refractivity contribution in [2.75, 3.05) is 14.2 Å². The highest BCUT2D eigenvalue weighted by atomic mass is 16.5. The normalized spacial score (nSPS) is 25.7. The molecule has 1 saturated carbocycles. The van der Waals surface area contributed by atoms with Crippen molar-refractivity contribution in [3.63, 3.8) is 0 Å². The molecule has 1 fully saturated rings. The molecule has 178 valence electrons. The molecule has 1 rings (SSSR count). The van der Waals surface area contributed by atoms with E-state index in [0.717, 1.165) is 25.7 Å². The Balaban J connectivity index is 2.77. The molecule has 0 saturated heterocycles. The van der Waals surface area contributed by atoms with E-state index in [4.69, 9.17) is 9.47 Å². The van der Waals surface area contributed by atoms with Crippen LogP contribution >= 0.6 is 0 Å². The second kappa shape index (κ2) is 15.2. The van der Waals surface area contributed by atoms with Crippen molar-refractivity contribution < 1.29 is 34.0 Å². The number of rotatable bonds is 14. The molecule has 0 aromatic rings. The maximum absolute atomic E-state index is 11.5. The van der Waals surface area contributed by atoms with Crippen LogP contribution in [0.1, 0.15) is 65.2 Å². The molecule has 1 aliphatic carbocycles. The summed E-state index contributed by atoms with van der Waals surface area (Å²) in [7, 11) is 2.97. The summed E-state index contributed by atoms with van der Waals surface area (Å²) in [6.45, 7) is 3.46. The zero-order valence-corrected chi connectivity index (χ0v) is 19.4. The highest BCUT2D eigenvalue weighted by Crippen LogP contribution is 2.38. The lowest BCUT2D eigenvalue weighted by molar-refractivity contribution is -0.148. The number of ether oxygens (including phenoxy) is 3. The third-order valence-electron chi connectivity index (χ3n) is 5.82. The van der Waals surface area contributed by atoms with Crippen LogP contribution in [0, 0.1) is 11.8 Å². The Bertz CT molecular complexity index is 586. The van der Waals surface area contributed by atoms with Gasteiger partial charge in [-0.05, 0) is 25.7 Å². The molecule has 31 heavy (non-hydrogen) atoms. The summed E-state index contributed by atoms with van der Waals surface area (Å²) in [5, 5.41) is 21.1. The van der Waals surface area contributed by atoms with Gasteiger partial charge in [0, 0.05) is 38.7 Å². The monoisotopic (exact) mass is 440 g/mol. The standard InChI is InChI=1S/C24H40O7/c1-5-6-12-22(29-3)20(26)15-14-18-19(23(16-21(18)27)31-17(2)25)11-9-7-8-10-13-24(28)30-4/h7,9,14-15,18-23,26-27H,5-6,8,10-13,16H2,1-4H3/b9-7-,15-14+/t18-,19-,20?,21-,22?,23+/m1/s1. The average molecular weight is 441 g/mol. The van der Waals surface area contributed by atoms with Crippen molar-refractivity contribution in [2.24, 2.45) is 11.8 Å². The minimum absolute atomic E-state index is 0.0872. The van der Waals surface area contributed by atoms with Crippen LogP contribution in [0.5, 0.6) is 0 Å². The molecule has 2 unspecified atom stereocenters. The summed E-state index contributed by atoms with van der Waals surface area (Å²) in [6.07, 6.45) is 11.0. The van der Waals surface area contributed by atoms with E-state index in [1.165, 1.54) is 14.0 Å². The van der Waals surface area contributed by atoms with Gasteiger partial charge >= 0.3 is 11.9 Å². The van der Waals surface area contributed by atoms with Gasteiger partial charge in [0.25, 0.3) is 0 Å². The van der Waals surface area contributed by atoms with Gasteiger partial charge in [0.05, 0.1) is 25.4 Å². The summed E-state index contributed by atoms with van der Waals surface area (Å²) in [5.41, 5.74) is 0. The summed E-state index contributed by atoms with van der Waals surface area (Å²) in [5.74, 6) is -0.912. The molecule has 7 nitrogen and oxygen atoms in total. The quantitative estimate of drug-likeness (QED) is 0.243. The van der Waals surface area contributed by atoms with Gasteiger partial charge in [0.1, 0.15) is 6.10 Å². The second-order valence-corrected chi connectivity index (χ2v) is 8.16. The van der Waals surface area contributed by atoms with Gasteiger partial charge in [-0.3, -0.25) is 9.59 Å². The Labute approximate surface area is 186 Å². The summed E-state index contributed by atoms with van der Waals surface area (Å²) in [4.78, 5) is 22.7. The molecule has 0 aliphatic heterocycles. The van der Waals surface area contributed by atoms with E-state index in [-0.39, 0.29) is 36.0 Å². The first-order chi connectivity index (χ1) is 14.8. The molecule has 0 heterocycles. The number of carbonyl (C=O) groups excluding carboxylic acids is 2. The SMILES string of the molecule is CCCCC(OC)C(O)/C=C/[C@@H]1[C@@H](C/C=C\CCCC(=O)OC)[C@@H](OC(C)=O)C[C@H]1O. The van der Waals surface area contributed by atoms with Crippen molar-refractivity contribution in [3.05, 3.63) is 24.3 Å². The number of aliphatic hydroxyl groups excluding tert-OH is 2. The van der Waals surface area contributed by atoms with Crippen molar-refractivity contribution in [1.82, 2.24) is 0 Å². The van der Waals surface area contributed by atoms with Crippen molar-refractivity contribution in [1.29, 1.82) is 0 Å². The van der Waals surface area contributed by atoms with E-state index in [9.17, 15) is 19.8 Å². The molecular formula is C24H40O7. The van der Waals surface area contributed by atoms with Crippen LogP contribution in [-0.2, 0) is 23.8 Å². The first kappa shape index (κ1) is 27.3. The minimum Gasteiger partial charge on any atom is -0.469 e. The number of unbranched alkanes of at least 4 members (excludes halogenated alkanes) is 2. The van der Waals surface area contributed by atoms with Gasteiger partial charge in [-0.2, -0.15) is 0 Å². The Morgan fingerprint density at radius 3 is 2.55 bits per heavy atom. The highest BCUT2D eigenvalue weighted by molar-refractivity contribution is 5.69. The molecule has 6 atom stereocenters. The topological polar surface area (TPSA) is 102 Å². The van der Waals surface area contributed by atoms with E-state index in [2.05, 4.69) is 11.7 Å². The Morgan fingerprint density at radius 2 is 1.94 bits per heavy atom. The molecule has 7 heteroatoms. The fraction of sp³-hybridized carbons (Fsp3) is 0.750. The average Bonchev–Trinajstić information content (AvgIpc) is 3.02. The summed E-state index contributed by atoms with van der Waals surface area (Å²) < 4.78 is 15.5. The molecule has 0 aromatic heterocycles. The van der Waals surface area contributed by atoms with Crippen LogP contribution < -0.4 is 0 Å². The van der Waals surface area contributed by atoms with Crippen LogP contribution in [0.25, 0.3) is 0 Å². The van der Waals surface area contributed by atoms with E-state index in [1.54, 1.807) is 13.2 Å². The lowest BCUT2D eigenvalue weighted by Gasteiger charge is -2.23. The van der Waals surface area contributed by atoms with Crippen LogP contribution in [0.15, 0.2) is 24.3 Å². The third-order valence-corrected chi connectivity index (χ3v) is 5.82. The first-order valence-electron chi connectivity index (χ1n) is 11.3. The number of carbonyl (C=O) groups is 2. The smallest absolute Gasteiger partial charge is 0.305 e. The number of aliphatic hydroxyl groups is 2. The lowest BCUT2D eigenvalue weighted by atomic mass is 9.89. The van der Waals surface area contributed by atoms with E-state index < -0.39 is 12.2 Å². The fourth-order valence-corrected chi connectivity index (χ4v) is 4.07. The molecule has 0 amide bonds. The zero-order chi connectivity index (χ0) is 23.2. The van der Waals surface area contributed by atoms with Crippen LogP contribution in [-0.4, -0.2) is 60.8 Å². The molecule has 0 spiro atoms. The Hall–Kier alpha value is -1.70. The molecule has 1 aliphatic rings. The van der Waals surface area contributed by atoms with Crippen LogP contribution in [0.4, 0.5) is 0 Å². The predicted octanol–water partition coefficient (Wildman–Crippen LogP) is 3.33. The Morgan fingerprint density at radius 1 is 1.19 bits per heavy atom. The second-order valence-electron chi connectivity index (χ2n) is 8.16. The van der Waals surface area contributed by atoms with E-state index >= 15 is 0 Å². The maximum atomic E-state index is 11.5. The Kier molecular flexibility index (Phi) is 13.4. The van der Waals surface area contributed by atoms with Gasteiger partial charge < -0.3 is 24.4 Å². The van der Waals surface area contributed by atoms with Gasteiger partial charge in [-0.25, -0.2) is 0 Å². The van der Waals surface area contributed by atoms with Crippen molar-refractivity contribution in [2.45, 2.75) is 89.6 Å². The molecule has 2 N–H and O–H groups in total. The summed E-state index contributed by atoms with van der Waals surface area (Å²) in [6, 6.07) is 0. The van der Waals surface area contributed by atoms with Gasteiger partial charge in [-0.15, -0.1) is 0 Å². The number of allylic oxidation sites excluding steroid dienone is 2. The first-order valence-corrected chi connectivity index (χ1v) is 11.3. The predicted molar refractivity (Wildman–Crippen MR) is 118 cm³/mol. The van der Waals surface area contributed by atoms with E-state index in [0.29, 0.717) is 25.7 Å². The van der Waals surface area contributed by atoms with Crippen LogP contribution in [0.2, 0.25) is 0 Å². The zero-order valence-electron chi connectivity index (χ0n) is 19.4. The largest absolute Gasteiger partial charge is 0.469 e. The lowest BCUT2D eigenvalue weighted by Crippen LogP contribution is -2.27. The number of hydrogen-bond donors (Lipinski definition) is 2. The number of hydrogen-bond acceptors (Lipinski definition) is 7. The third kappa shape index (κ3) is 9.97. The molecule has 0 radical (unpaired) electrons. The van der Waals surface area contributed by atoms with Crippen molar-refractivity contribution in [3.8, 4) is 0 Å². The molecule has 0 aromatic carbocycles. The fourth-order valence-electron chi connectivity index (χ4n) is 4.07. The van der Waals surface area contributed by atoms with Crippen LogP contribution in [0.3, 0.4) is 0 Å². The summed E-state index contributed by atoms with van der Waals surface area (Å²) >= 11 is 0.